The van der Waals surface area contributed by atoms with Crippen molar-refractivity contribution < 1.29 is 5.11 Å². The molecule has 0 saturated heterocycles. The summed E-state index contributed by atoms with van der Waals surface area (Å²) in [7, 11) is 0. The Bertz CT molecular complexity index is 305. The summed E-state index contributed by atoms with van der Waals surface area (Å²) in [6.07, 6.45) is 4.40. The molecule has 1 aromatic rings. The number of anilines is 1. The topological polar surface area (TPSA) is 46.2 Å². The second kappa shape index (κ2) is 4.01. The minimum Gasteiger partial charge on any atom is -0.398 e. The number of para-hydroxylation sites is 1. The molecule has 1 atom stereocenters. The van der Waals surface area contributed by atoms with Crippen LogP contribution in [-0.2, 0) is 0 Å². The molecule has 0 spiro atoms. The Morgan fingerprint density at radius 1 is 1.21 bits per heavy atom. The van der Waals surface area contributed by atoms with Crippen molar-refractivity contribution in [2.75, 3.05) is 5.73 Å². The Labute approximate surface area is 84.7 Å². The van der Waals surface area contributed by atoms with Gasteiger partial charge >= 0.3 is 0 Å². The van der Waals surface area contributed by atoms with Crippen molar-refractivity contribution in [2.24, 2.45) is 5.92 Å². The monoisotopic (exact) mass is 191 g/mol. The van der Waals surface area contributed by atoms with Gasteiger partial charge in [0.05, 0.1) is 6.10 Å². The van der Waals surface area contributed by atoms with E-state index in [1.807, 2.05) is 24.3 Å². The molecule has 0 amide bonds. The first-order chi connectivity index (χ1) is 6.79. The zero-order valence-corrected chi connectivity index (χ0v) is 8.32. The van der Waals surface area contributed by atoms with Gasteiger partial charge in [-0.3, -0.25) is 0 Å². The van der Waals surface area contributed by atoms with Crippen LogP contribution < -0.4 is 5.73 Å². The van der Waals surface area contributed by atoms with Crippen LogP contribution in [0, 0.1) is 5.92 Å². The van der Waals surface area contributed by atoms with Crippen molar-refractivity contribution in [3.63, 3.8) is 0 Å². The summed E-state index contributed by atoms with van der Waals surface area (Å²) in [6.45, 7) is 0. The van der Waals surface area contributed by atoms with Crippen molar-refractivity contribution in [3.05, 3.63) is 29.8 Å². The van der Waals surface area contributed by atoms with E-state index in [0.29, 0.717) is 11.6 Å². The number of aliphatic hydroxyl groups excluding tert-OH is 1. The summed E-state index contributed by atoms with van der Waals surface area (Å²) >= 11 is 0. The minimum absolute atomic E-state index is 0.362. The van der Waals surface area contributed by atoms with Crippen LogP contribution in [0.5, 0.6) is 0 Å². The predicted octanol–water partition coefficient (Wildman–Crippen LogP) is 2.49. The van der Waals surface area contributed by atoms with E-state index in [0.717, 1.165) is 18.4 Å². The molecule has 2 heteroatoms. The van der Waals surface area contributed by atoms with Gasteiger partial charge in [-0.05, 0) is 24.8 Å². The van der Waals surface area contributed by atoms with E-state index >= 15 is 0 Å². The number of rotatable bonds is 2. The second-order valence-electron chi connectivity index (χ2n) is 4.12. The Kier molecular flexibility index (Phi) is 2.73. The molecule has 2 rings (SSSR count). The van der Waals surface area contributed by atoms with E-state index in [4.69, 9.17) is 5.73 Å². The number of hydrogen-bond acceptors (Lipinski definition) is 2. The highest BCUT2D eigenvalue weighted by atomic mass is 16.3. The van der Waals surface area contributed by atoms with Crippen LogP contribution in [0.3, 0.4) is 0 Å². The number of nitrogens with two attached hydrogens (primary N) is 1. The van der Waals surface area contributed by atoms with Gasteiger partial charge < -0.3 is 10.8 Å². The third-order valence-electron chi connectivity index (χ3n) is 3.16. The first-order valence-electron chi connectivity index (χ1n) is 5.31. The van der Waals surface area contributed by atoms with Crippen LogP contribution in [0.2, 0.25) is 0 Å². The van der Waals surface area contributed by atoms with Crippen LogP contribution in [-0.4, -0.2) is 5.11 Å². The molecular formula is C12H17NO. The molecule has 1 fully saturated rings. The number of benzene rings is 1. The molecule has 76 valence electrons. The summed E-state index contributed by atoms with van der Waals surface area (Å²) in [5.41, 5.74) is 7.45. The Morgan fingerprint density at radius 2 is 1.86 bits per heavy atom. The average molecular weight is 191 g/mol. The van der Waals surface area contributed by atoms with Crippen molar-refractivity contribution in [3.8, 4) is 0 Å². The molecule has 2 nitrogen and oxygen atoms in total. The van der Waals surface area contributed by atoms with Gasteiger partial charge in [-0.15, -0.1) is 0 Å². The van der Waals surface area contributed by atoms with Crippen LogP contribution in [0.1, 0.15) is 37.4 Å². The summed E-state index contributed by atoms with van der Waals surface area (Å²) in [6, 6.07) is 7.62. The van der Waals surface area contributed by atoms with Gasteiger partial charge in [-0.1, -0.05) is 31.0 Å². The van der Waals surface area contributed by atoms with E-state index in [-0.39, 0.29) is 6.10 Å². The number of hydrogen-bond donors (Lipinski definition) is 2. The highest BCUT2D eigenvalue weighted by Gasteiger charge is 2.25. The lowest BCUT2D eigenvalue weighted by atomic mass is 9.93. The lowest BCUT2D eigenvalue weighted by molar-refractivity contribution is 0.112. The maximum atomic E-state index is 10.1. The van der Waals surface area contributed by atoms with E-state index < -0.39 is 0 Å². The summed E-state index contributed by atoms with van der Waals surface area (Å²) in [5.74, 6) is 0.416. The molecule has 3 N–H and O–H groups in total. The van der Waals surface area contributed by atoms with Gasteiger partial charge in [0, 0.05) is 11.3 Å². The third-order valence-corrected chi connectivity index (χ3v) is 3.16. The smallest absolute Gasteiger partial charge is 0.0838 e. The third kappa shape index (κ3) is 1.75. The predicted molar refractivity (Wildman–Crippen MR) is 57.8 cm³/mol. The fourth-order valence-electron chi connectivity index (χ4n) is 2.31. The molecule has 1 aromatic carbocycles. The van der Waals surface area contributed by atoms with Crippen molar-refractivity contribution in [2.45, 2.75) is 31.8 Å². The highest BCUT2D eigenvalue weighted by molar-refractivity contribution is 5.47. The van der Waals surface area contributed by atoms with Gasteiger partial charge in [0.2, 0.25) is 0 Å². The van der Waals surface area contributed by atoms with E-state index in [1.54, 1.807) is 0 Å². The van der Waals surface area contributed by atoms with Crippen LogP contribution in [0.15, 0.2) is 24.3 Å². The van der Waals surface area contributed by atoms with Gasteiger partial charge in [0.15, 0.2) is 0 Å². The first kappa shape index (κ1) is 9.53. The van der Waals surface area contributed by atoms with Crippen LogP contribution in [0.4, 0.5) is 5.69 Å². The SMILES string of the molecule is Nc1ccccc1[C@H](O)C1CCCC1. The van der Waals surface area contributed by atoms with E-state index in [1.165, 1.54) is 12.8 Å². The average Bonchev–Trinajstić information content (AvgIpc) is 2.70. The Hall–Kier alpha value is -1.02. The van der Waals surface area contributed by atoms with Crippen molar-refractivity contribution >= 4 is 5.69 Å². The summed E-state index contributed by atoms with van der Waals surface area (Å²) in [4.78, 5) is 0. The molecule has 14 heavy (non-hydrogen) atoms. The lowest BCUT2D eigenvalue weighted by Gasteiger charge is -2.19. The van der Waals surface area contributed by atoms with Gasteiger partial charge in [0.25, 0.3) is 0 Å². The molecule has 0 heterocycles. The lowest BCUT2D eigenvalue weighted by Crippen LogP contribution is -2.10. The minimum atomic E-state index is -0.362. The fraction of sp³-hybridized carbons (Fsp3) is 0.500. The largest absolute Gasteiger partial charge is 0.398 e. The van der Waals surface area contributed by atoms with Gasteiger partial charge in [0.1, 0.15) is 0 Å². The quantitative estimate of drug-likeness (QED) is 0.705. The molecule has 0 aliphatic heterocycles. The van der Waals surface area contributed by atoms with Crippen LogP contribution >= 0.6 is 0 Å². The first-order valence-corrected chi connectivity index (χ1v) is 5.31. The van der Waals surface area contributed by atoms with Crippen LogP contribution in [0.25, 0.3) is 0 Å². The van der Waals surface area contributed by atoms with E-state index in [9.17, 15) is 5.11 Å². The molecule has 1 aliphatic carbocycles. The summed E-state index contributed by atoms with van der Waals surface area (Å²) < 4.78 is 0. The molecule has 1 saturated carbocycles. The highest BCUT2D eigenvalue weighted by Crippen LogP contribution is 2.37. The van der Waals surface area contributed by atoms with Gasteiger partial charge in [-0.25, -0.2) is 0 Å². The standard InChI is InChI=1S/C12H17NO/c13-11-8-4-3-7-10(11)12(14)9-5-1-2-6-9/h3-4,7-9,12,14H,1-2,5-6,13H2/t12-/m1/s1. The zero-order valence-electron chi connectivity index (χ0n) is 8.32. The molecule has 0 unspecified atom stereocenters. The molecular weight excluding hydrogens is 174 g/mol. The Balaban J connectivity index is 2.17. The van der Waals surface area contributed by atoms with E-state index in [2.05, 4.69) is 0 Å². The second-order valence-corrected chi connectivity index (χ2v) is 4.12. The van der Waals surface area contributed by atoms with Gasteiger partial charge in [-0.2, -0.15) is 0 Å². The maximum absolute atomic E-state index is 10.1. The maximum Gasteiger partial charge on any atom is 0.0838 e. The zero-order chi connectivity index (χ0) is 9.97. The Morgan fingerprint density at radius 3 is 2.50 bits per heavy atom. The fourth-order valence-corrected chi connectivity index (χ4v) is 2.31. The van der Waals surface area contributed by atoms with Crippen molar-refractivity contribution in [1.82, 2.24) is 0 Å². The molecule has 0 radical (unpaired) electrons. The normalized spacial score (nSPS) is 19.8. The number of nitrogen functional groups attached to an aromatic ring is 1. The molecule has 0 bridgehead atoms. The molecule has 1 aliphatic rings. The molecule has 0 aromatic heterocycles. The van der Waals surface area contributed by atoms with Crippen molar-refractivity contribution in [1.29, 1.82) is 0 Å². The summed E-state index contributed by atoms with van der Waals surface area (Å²) in [5, 5.41) is 10.1. The number of aliphatic hydroxyl groups is 1.